The van der Waals surface area contributed by atoms with Crippen molar-refractivity contribution < 1.29 is 9.59 Å². The maximum Gasteiger partial charge on any atom is 0.225 e. The molecule has 0 aromatic carbocycles. The monoisotopic (exact) mass is 343 g/mol. The fraction of sp³-hybridized carbons (Fsp3) is 0.882. The van der Waals surface area contributed by atoms with Crippen LogP contribution >= 0.6 is 12.4 Å². The minimum absolute atomic E-state index is 0. The molecule has 3 rings (SSSR count). The Morgan fingerprint density at radius 1 is 1.17 bits per heavy atom. The van der Waals surface area contributed by atoms with E-state index in [1.165, 1.54) is 0 Å². The van der Waals surface area contributed by atoms with Crippen LogP contribution in [-0.2, 0) is 9.59 Å². The van der Waals surface area contributed by atoms with Crippen molar-refractivity contribution in [3.05, 3.63) is 0 Å². The Morgan fingerprint density at radius 3 is 2.52 bits per heavy atom. The standard InChI is InChI=1S/C17H29N3O2.ClH/c1-20(2)16(22)12-4-3-5-13(10-12)19-15(21)14-11-17(14)6-8-18-9-7-17;/h12-14,18H,3-11H2,1-2H3,(H,19,21);1H. The molecule has 23 heavy (non-hydrogen) atoms. The molecule has 3 unspecified atom stereocenters. The van der Waals surface area contributed by atoms with Crippen LogP contribution in [0.25, 0.3) is 0 Å². The van der Waals surface area contributed by atoms with Crippen LogP contribution in [0.3, 0.4) is 0 Å². The van der Waals surface area contributed by atoms with Crippen LogP contribution in [0.2, 0.25) is 0 Å². The highest BCUT2D eigenvalue weighted by Gasteiger charge is 2.57. The smallest absolute Gasteiger partial charge is 0.225 e. The van der Waals surface area contributed by atoms with Gasteiger partial charge in [-0.05, 0) is 57.0 Å². The molecule has 132 valence electrons. The van der Waals surface area contributed by atoms with Crippen molar-refractivity contribution >= 4 is 24.2 Å². The third-order valence-corrected chi connectivity index (χ3v) is 5.92. The minimum Gasteiger partial charge on any atom is -0.353 e. The molecular formula is C17H30ClN3O2. The number of hydrogen-bond donors (Lipinski definition) is 2. The van der Waals surface area contributed by atoms with Crippen LogP contribution in [0.1, 0.15) is 44.9 Å². The molecule has 6 heteroatoms. The first-order chi connectivity index (χ1) is 10.5. The molecule has 2 amide bonds. The van der Waals surface area contributed by atoms with Crippen molar-refractivity contribution in [3.8, 4) is 0 Å². The van der Waals surface area contributed by atoms with Crippen LogP contribution in [0.15, 0.2) is 0 Å². The quantitative estimate of drug-likeness (QED) is 0.817. The number of hydrogen-bond acceptors (Lipinski definition) is 3. The third-order valence-electron chi connectivity index (χ3n) is 5.92. The Balaban J connectivity index is 0.00000192. The van der Waals surface area contributed by atoms with E-state index in [1.54, 1.807) is 4.90 Å². The van der Waals surface area contributed by atoms with Gasteiger partial charge in [-0.25, -0.2) is 0 Å². The van der Waals surface area contributed by atoms with Gasteiger partial charge in [-0.2, -0.15) is 0 Å². The summed E-state index contributed by atoms with van der Waals surface area (Å²) in [6.07, 6.45) is 7.16. The fourth-order valence-corrected chi connectivity index (χ4v) is 4.41. The minimum atomic E-state index is 0. The molecule has 1 heterocycles. The van der Waals surface area contributed by atoms with Gasteiger partial charge in [0.15, 0.2) is 0 Å². The van der Waals surface area contributed by atoms with E-state index in [9.17, 15) is 9.59 Å². The van der Waals surface area contributed by atoms with Crippen molar-refractivity contribution in [1.29, 1.82) is 0 Å². The molecule has 0 aromatic heterocycles. The highest BCUT2D eigenvalue weighted by Crippen LogP contribution is 2.58. The molecule has 0 bridgehead atoms. The Bertz CT molecular complexity index is 449. The number of carbonyl (C=O) groups excluding carboxylic acids is 2. The predicted octanol–water partition coefficient (Wildman–Crippen LogP) is 1.56. The van der Waals surface area contributed by atoms with Crippen LogP contribution in [0, 0.1) is 17.3 Å². The van der Waals surface area contributed by atoms with E-state index in [0.29, 0.717) is 5.41 Å². The van der Waals surface area contributed by atoms with Gasteiger partial charge in [-0.1, -0.05) is 6.42 Å². The zero-order chi connectivity index (χ0) is 15.7. The molecule has 1 saturated heterocycles. The zero-order valence-electron chi connectivity index (χ0n) is 14.3. The van der Waals surface area contributed by atoms with Crippen LogP contribution in [0.5, 0.6) is 0 Å². The predicted molar refractivity (Wildman–Crippen MR) is 92.5 cm³/mol. The van der Waals surface area contributed by atoms with Gasteiger partial charge in [0.05, 0.1) is 0 Å². The molecule has 3 atom stereocenters. The van der Waals surface area contributed by atoms with Gasteiger partial charge < -0.3 is 15.5 Å². The summed E-state index contributed by atoms with van der Waals surface area (Å²) in [6.45, 7) is 2.10. The van der Waals surface area contributed by atoms with Crippen LogP contribution in [0.4, 0.5) is 0 Å². The molecule has 2 aliphatic carbocycles. The molecule has 3 fully saturated rings. The Hall–Kier alpha value is -0.810. The first-order valence-corrected chi connectivity index (χ1v) is 8.74. The maximum atomic E-state index is 12.5. The summed E-state index contributed by atoms with van der Waals surface area (Å²) in [4.78, 5) is 26.3. The number of carbonyl (C=O) groups is 2. The van der Waals surface area contributed by atoms with Crippen molar-refractivity contribution in [3.63, 3.8) is 0 Å². The summed E-state index contributed by atoms with van der Waals surface area (Å²) in [5.41, 5.74) is 0.295. The fourth-order valence-electron chi connectivity index (χ4n) is 4.41. The Labute approximate surface area is 145 Å². The average Bonchev–Trinajstić information content (AvgIpc) is 3.20. The first kappa shape index (κ1) is 18.5. The maximum absolute atomic E-state index is 12.5. The summed E-state index contributed by atoms with van der Waals surface area (Å²) in [5.74, 6) is 0.755. The number of piperidine rings is 1. The molecular weight excluding hydrogens is 314 g/mol. The lowest BCUT2D eigenvalue weighted by atomic mass is 9.84. The normalized spacial score (nSPS) is 31.8. The topological polar surface area (TPSA) is 61.4 Å². The second-order valence-electron chi connectivity index (χ2n) is 7.67. The lowest BCUT2D eigenvalue weighted by molar-refractivity contribution is -0.135. The second-order valence-corrected chi connectivity index (χ2v) is 7.67. The second kappa shape index (κ2) is 7.39. The van der Waals surface area contributed by atoms with Crippen LogP contribution in [-0.4, -0.2) is 49.9 Å². The molecule has 2 saturated carbocycles. The molecule has 1 spiro atoms. The molecule has 0 radical (unpaired) electrons. The zero-order valence-corrected chi connectivity index (χ0v) is 15.1. The first-order valence-electron chi connectivity index (χ1n) is 8.74. The average molecular weight is 344 g/mol. The highest BCUT2D eigenvalue weighted by molar-refractivity contribution is 5.85. The van der Waals surface area contributed by atoms with E-state index in [0.717, 1.165) is 58.0 Å². The molecule has 3 aliphatic rings. The lowest BCUT2D eigenvalue weighted by Gasteiger charge is -2.31. The van der Waals surface area contributed by atoms with E-state index in [2.05, 4.69) is 10.6 Å². The summed E-state index contributed by atoms with van der Waals surface area (Å²) in [7, 11) is 3.63. The van der Waals surface area contributed by atoms with Crippen molar-refractivity contribution in [2.75, 3.05) is 27.2 Å². The summed E-state index contributed by atoms with van der Waals surface area (Å²) in [6, 6.07) is 0.189. The van der Waals surface area contributed by atoms with E-state index >= 15 is 0 Å². The lowest BCUT2D eigenvalue weighted by Crippen LogP contribution is -2.43. The van der Waals surface area contributed by atoms with E-state index in [-0.39, 0.29) is 42.1 Å². The number of rotatable bonds is 3. The SMILES string of the molecule is CN(C)C(=O)C1CCCC(NC(=O)C2CC23CCNCC3)C1.Cl. The highest BCUT2D eigenvalue weighted by atomic mass is 35.5. The Morgan fingerprint density at radius 2 is 1.87 bits per heavy atom. The number of halogens is 1. The van der Waals surface area contributed by atoms with Crippen molar-refractivity contribution in [2.24, 2.45) is 17.3 Å². The van der Waals surface area contributed by atoms with Gasteiger partial charge >= 0.3 is 0 Å². The van der Waals surface area contributed by atoms with E-state index in [4.69, 9.17) is 0 Å². The molecule has 2 N–H and O–H groups in total. The van der Waals surface area contributed by atoms with Gasteiger partial charge in [-0.15, -0.1) is 12.4 Å². The molecule has 5 nitrogen and oxygen atoms in total. The van der Waals surface area contributed by atoms with E-state index < -0.39 is 0 Å². The largest absolute Gasteiger partial charge is 0.353 e. The number of nitrogens with one attached hydrogen (secondary N) is 2. The molecule has 1 aliphatic heterocycles. The summed E-state index contributed by atoms with van der Waals surface area (Å²) >= 11 is 0. The van der Waals surface area contributed by atoms with Crippen LogP contribution < -0.4 is 10.6 Å². The third kappa shape index (κ3) is 4.00. The van der Waals surface area contributed by atoms with Gasteiger partial charge in [0.1, 0.15) is 0 Å². The van der Waals surface area contributed by atoms with Crippen molar-refractivity contribution in [2.45, 2.75) is 51.0 Å². The summed E-state index contributed by atoms with van der Waals surface area (Å²) in [5, 5.41) is 6.62. The molecule has 0 aromatic rings. The number of amides is 2. The van der Waals surface area contributed by atoms with Gasteiger partial charge in [0, 0.05) is 32.0 Å². The van der Waals surface area contributed by atoms with Gasteiger partial charge in [-0.3, -0.25) is 9.59 Å². The number of nitrogens with zero attached hydrogens (tertiary/aromatic N) is 1. The van der Waals surface area contributed by atoms with Crippen molar-refractivity contribution in [1.82, 2.24) is 15.5 Å². The Kier molecular flexibility index (Phi) is 5.95. The van der Waals surface area contributed by atoms with Gasteiger partial charge in [0.2, 0.25) is 11.8 Å². The summed E-state index contributed by atoms with van der Waals surface area (Å²) < 4.78 is 0. The van der Waals surface area contributed by atoms with Gasteiger partial charge in [0.25, 0.3) is 0 Å². The van der Waals surface area contributed by atoms with E-state index in [1.807, 2.05) is 14.1 Å².